The SMILES string of the molecule is CNC(Cc1ccc(F)cc1Cl)c1ccc(F)cc1F. The summed E-state index contributed by atoms with van der Waals surface area (Å²) in [7, 11) is 1.67. The van der Waals surface area contributed by atoms with Crippen LogP contribution in [0.1, 0.15) is 17.2 Å². The average Bonchev–Trinajstić information content (AvgIpc) is 2.39. The second-order valence-electron chi connectivity index (χ2n) is 4.45. The van der Waals surface area contributed by atoms with Crippen LogP contribution in [-0.2, 0) is 6.42 Å². The van der Waals surface area contributed by atoms with Crippen LogP contribution < -0.4 is 5.32 Å². The van der Waals surface area contributed by atoms with Gasteiger partial charge in [0.25, 0.3) is 0 Å². The highest BCUT2D eigenvalue weighted by Crippen LogP contribution is 2.26. The standard InChI is InChI=1S/C15H13ClF3N/c1-20-15(12-5-4-11(18)8-14(12)19)6-9-2-3-10(17)7-13(9)16/h2-5,7-8,15,20H,6H2,1H3. The number of likely N-dealkylation sites (N-methyl/N-ethyl adjacent to an activating group) is 1. The summed E-state index contributed by atoms with van der Waals surface area (Å²) in [6.45, 7) is 0. The molecule has 0 aromatic heterocycles. The molecule has 1 N–H and O–H groups in total. The Morgan fingerprint density at radius 2 is 1.70 bits per heavy atom. The van der Waals surface area contributed by atoms with Gasteiger partial charge in [-0.1, -0.05) is 23.7 Å². The molecule has 0 aliphatic carbocycles. The van der Waals surface area contributed by atoms with Gasteiger partial charge in [0.05, 0.1) is 0 Å². The van der Waals surface area contributed by atoms with Gasteiger partial charge in [0.15, 0.2) is 0 Å². The second-order valence-corrected chi connectivity index (χ2v) is 4.85. The molecule has 1 nitrogen and oxygen atoms in total. The molecule has 1 unspecified atom stereocenters. The van der Waals surface area contributed by atoms with Crippen LogP contribution in [0.4, 0.5) is 13.2 Å². The van der Waals surface area contributed by atoms with E-state index in [-0.39, 0.29) is 11.1 Å². The minimum atomic E-state index is -0.624. The number of hydrogen-bond acceptors (Lipinski definition) is 1. The van der Waals surface area contributed by atoms with E-state index < -0.39 is 17.5 Å². The highest BCUT2D eigenvalue weighted by atomic mass is 35.5. The van der Waals surface area contributed by atoms with Crippen LogP contribution >= 0.6 is 11.6 Å². The van der Waals surface area contributed by atoms with Crippen LogP contribution in [0.2, 0.25) is 5.02 Å². The lowest BCUT2D eigenvalue weighted by Gasteiger charge is -2.18. The lowest BCUT2D eigenvalue weighted by atomic mass is 9.98. The van der Waals surface area contributed by atoms with Gasteiger partial charge < -0.3 is 5.32 Å². The van der Waals surface area contributed by atoms with Gasteiger partial charge >= 0.3 is 0 Å². The molecular weight excluding hydrogens is 287 g/mol. The molecule has 106 valence electrons. The summed E-state index contributed by atoms with van der Waals surface area (Å²) in [5.74, 6) is -1.67. The maximum atomic E-state index is 13.8. The van der Waals surface area contributed by atoms with Crippen LogP contribution in [0, 0.1) is 17.5 Å². The van der Waals surface area contributed by atoms with Crippen molar-refractivity contribution in [3.05, 3.63) is 70.0 Å². The predicted molar refractivity (Wildman–Crippen MR) is 73.3 cm³/mol. The second kappa shape index (κ2) is 6.29. The fraction of sp³-hybridized carbons (Fsp3) is 0.200. The zero-order chi connectivity index (χ0) is 14.7. The van der Waals surface area contributed by atoms with Gasteiger partial charge in [0.2, 0.25) is 0 Å². The Morgan fingerprint density at radius 1 is 1.05 bits per heavy atom. The third kappa shape index (κ3) is 3.32. The molecule has 0 aliphatic heterocycles. The Labute approximate surface area is 120 Å². The van der Waals surface area contributed by atoms with Crippen molar-refractivity contribution in [3.8, 4) is 0 Å². The summed E-state index contributed by atoms with van der Waals surface area (Å²) in [6.07, 6.45) is 0.373. The number of halogens is 4. The molecule has 0 fully saturated rings. The molecule has 0 radical (unpaired) electrons. The van der Waals surface area contributed by atoms with Crippen LogP contribution in [-0.4, -0.2) is 7.05 Å². The maximum Gasteiger partial charge on any atom is 0.130 e. The van der Waals surface area contributed by atoms with Crippen LogP contribution in [0.25, 0.3) is 0 Å². The largest absolute Gasteiger partial charge is 0.313 e. The van der Waals surface area contributed by atoms with Gasteiger partial charge in [-0.25, -0.2) is 13.2 Å². The minimum absolute atomic E-state index is 0.285. The normalized spacial score (nSPS) is 12.4. The van der Waals surface area contributed by atoms with Crippen molar-refractivity contribution in [2.45, 2.75) is 12.5 Å². The molecule has 20 heavy (non-hydrogen) atoms. The summed E-state index contributed by atoms with van der Waals surface area (Å²) in [5, 5.41) is 3.24. The van der Waals surface area contributed by atoms with Crippen molar-refractivity contribution in [2.75, 3.05) is 7.05 Å². The molecule has 0 saturated heterocycles. The summed E-state index contributed by atoms with van der Waals surface area (Å²) in [4.78, 5) is 0. The third-order valence-corrected chi connectivity index (χ3v) is 3.48. The molecule has 0 amide bonds. The monoisotopic (exact) mass is 299 g/mol. The van der Waals surface area contributed by atoms with E-state index in [9.17, 15) is 13.2 Å². The smallest absolute Gasteiger partial charge is 0.130 e. The van der Waals surface area contributed by atoms with E-state index in [1.807, 2.05) is 0 Å². The fourth-order valence-electron chi connectivity index (χ4n) is 2.06. The van der Waals surface area contributed by atoms with E-state index >= 15 is 0 Å². The van der Waals surface area contributed by atoms with E-state index in [1.165, 1.54) is 24.3 Å². The molecule has 2 aromatic carbocycles. The Balaban J connectivity index is 2.28. The zero-order valence-electron chi connectivity index (χ0n) is 10.8. The van der Waals surface area contributed by atoms with Gasteiger partial charge in [-0.2, -0.15) is 0 Å². The zero-order valence-corrected chi connectivity index (χ0v) is 11.5. The van der Waals surface area contributed by atoms with Crippen LogP contribution in [0.3, 0.4) is 0 Å². The lowest BCUT2D eigenvalue weighted by Crippen LogP contribution is -2.20. The number of nitrogens with one attached hydrogen (secondary N) is 1. The van der Waals surface area contributed by atoms with E-state index in [2.05, 4.69) is 5.32 Å². The molecule has 0 spiro atoms. The van der Waals surface area contributed by atoms with Crippen LogP contribution in [0.5, 0.6) is 0 Å². The molecule has 2 aromatic rings. The third-order valence-electron chi connectivity index (χ3n) is 3.13. The summed E-state index contributed by atoms with van der Waals surface area (Å²) < 4.78 is 39.7. The molecule has 0 bridgehead atoms. The van der Waals surface area contributed by atoms with Gasteiger partial charge in [-0.15, -0.1) is 0 Å². The fourth-order valence-corrected chi connectivity index (χ4v) is 2.30. The molecular formula is C15H13ClF3N. The molecule has 0 aliphatic rings. The van der Waals surface area contributed by atoms with Crippen molar-refractivity contribution >= 4 is 11.6 Å². The average molecular weight is 300 g/mol. The van der Waals surface area contributed by atoms with Crippen molar-refractivity contribution in [3.63, 3.8) is 0 Å². The molecule has 0 saturated carbocycles. The van der Waals surface area contributed by atoms with E-state index in [0.717, 1.165) is 6.07 Å². The molecule has 1 atom stereocenters. The number of rotatable bonds is 4. The first kappa shape index (κ1) is 14.9. The molecule has 0 heterocycles. The first-order chi connectivity index (χ1) is 9.51. The summed E-state index contributed by atoms with van der Waals surface area (Å²) >= 11 is 5.96. The Bertz CT molecular complexity index is 616. The first-order valence-corrected chi connectivity index (χ1v) is 6.45. The molecule has 5 heteroatoms. The summed E-state index contributed by atoms with van der Waals surface area (Å²) in [6, 6.07) is 7.13. The number of hydrogen-bond donors (Lipinski definition) is 1. The van der Waals surface area contributed by atoms with Crippen molar-refractivity contribution in [2.24, 2.45) is 0 Å². The topological polar surface area (TPSA) is 12.0 Å². The van der Waals surface area contributed by atoms with Crippen molar-refractivity contribution in [1.82, 2.24) is 5.32 Å². The van der Waals surface area contributed by atoms with E-state index in [1.54, 1.807) is 13.1 Å². The van der Waals surface area contributed by atoms with Crippen molar-refractivity contribution < 1.29 is 13.2 Å². The Kier molecular flexibility index (Phi) is 4.68. The van der Waals surface area contributed by atoms with Gasteiger partial charge in [-0.3, -0.25) is 0 Å². The number of benzene rings is 2. The maximum absolute atomic E-state index is 13.8. The highest BCUT2D eigenvalue weighted by molar-refractivity contribution is 6.31. The van der Waals surface area contributed by atoms with Crippen LogP contribution in [0.15, 0.2) is 36.4 Å². The van der Waals surface area contributed by atoms with E-state index in [4.69, 9.17) is 11.6 Å². The van der Waals surface area contributed by atoms with E-state index in [0.29, 0.717) is 17.5 Å². The first-order valence-electron chi connectivity index (χ1n) is 6.07. The van der Waals surface area contributed by atoms with Gasteiger partial charge in [0.1, 0.15) is 17.5 Å². The van der Waals surface area contributed by atoms with Gasteiger partial charge in [-0.05, 0) is 37.2 Å². The Hall–Kier alpha value is -1.52. The molecule has 2 rings (SSSR count). The highest BCUT2D eigenvalue weighted by Gasteiger charge is 2.16. The minimum Gasteiger partial charge on any atom is -0.313 e. The summed E-state index contributed by atoms with van der Waals surface area (Å²) in [5.41, 5.74) is 1.03. The van der Waals surface area contributed by atoms with Crippen molar-refractivity contribution in [1.29, 1.82) is 0 Å². The Morgan fingerprint density at radius 3 is 2.30 bits per heavy atom. The van der Waals surface area contributed by atoms with Gasteiger partial charge in [0, 0.05) is 22.7 Å². The quantitative estimate of drug-likeness (QED) is 0.889. The lowest BCUT2D eigenvalue weighted by molar-refractivity contribution is 0.521. The predicted octanol–water partition coefficient (Wildman–Crippen LogP) is 4.26.